The van der Waals surface area contributed by atoms with Gasteiger partial charge in [-0.3, -0.25) is 14.4 Å². The molecule has 0 spiro atoms. The van der Waals surface area contributed by atoms with Gasteiger partial charge in [0, 0.05) is 5.69 Å². The number of carbonyl (C=O) groups is 3. The fourth-order valence-corrected chi connectivity index (χ4v) is 3.49. The van der Waals surface area contributed by atoms with Crippen LogP contribution in [0.1, 0.15) is 23.7 Å². The van der Waals surface area contributed by atoms with E-state index in [1.807, 2.05) is 5.32 Å². The maximum Gasteiger partial charge on any atom is 0.260 e. The number of hydrogen-bond donors (Lipinski definition) is 3. The Morgan fingerprint density at radius 1 is 1.06 bits per heavy atom. The molecule has 0 aliphatic heterocycles. The minimum absolute atomic E-state index is 0.00273. The van der Waals surface area contributed by atoms with Gasteiger partial charge in [-0.1, -0.05) is 34.8 Å². The number of alkyl halides is 4. The second-order valence-electron chi connectivity index (χ2n) is 7.28. The van der Waals surface area contributed by atoms with E-state index < -0.39 is 55.3 Å². The highest BCUT2D eigenvalue weighted by molar-refractivity contribution is 6.58. The largest absolute Gasteiger partial charge is 0.326 e. The van der Waals surface area contributed by atoms with E-state index in [4.69, 9.17) is 58.0 Å². The van der Waals surface area contributed by atoms with Crippen molar-refractivity contribution in [3.63, 3.8) is 0 Å². The average Bonchev–Trinajstić information content (AvgIpc) is 3.36. The van der Waals surface area contributed by atoms with Gasteiger partial charge >= 0.3 is 0 Å². The van der Waals surface area contributed by atoms with Crippen molar-refractivity contribution in [2.24, 2.45) is 5.92 Å². The molecule has 1 saturated carbocycles. The van der Waals surface area contributed by atoms with Gasteiger partial charge < -0.3 is 16.0 Å². The highest BCUT2D eigenvalue weighted by Crippen LogP contribution is 2.53. The maximum atomic E-state index is 14.8. The number of rotatable bonds is 6. The lowest BCUT2D eigenvalue weighted by Gasteiger charge is -2.16. The highest BCUT2D eigenvalue weighted by Gasteiger charge is 2.56. The maximum absolute atomic E-state index is 14.8. The third-order valence-corrected chi connectivity index (χ3v) is 6.11. The summed E-state index contributed by atoms with van der Waals surface area (Å²) in [5.74, 6) is -5.37. The summed E-state index contributed by atoms with van der Waals surface area (Å²) in [6.45, 7) is 1.12. The number of hydrogen-bond acceptors (Lipinski definition) is 3. The van der Waals surface area contributed by atoms with E-state index in [2.05, 4.69) is 10.6 Å². The van der Waals surface area contributed by atoms with Crippen molar-refractivity contribution in [2.75, 3.05) is 16.0 Å². The molecule has 1 aliphatic rings. The number of nitrogens with one attached hydrogen (secondary N) is 3. The van der Waals surface area contributed by atoms with Crippen LogP contribution in [-0.4, -0.2) is 26.4 Å². The first kappa shape index (κ1) is 25.8. The third kappa shape index (κ3) is 6.00. The van der Waals surface area contributed by atoms with Crippen LogP contribution in [0.5, 0.6) is 0 Å². The Kier molecular flexibility index (Phi) is 7.36. The smallest absolute Gasteiger partial charge is 0.260 e. The molecule has 176 valence electrons. The van der Waals surface area contributed by atoms with E-state index in [1.165, 1.54) is 18.2 Å². The predicted octanol–water partition coefficient (Wildman–Crippen LogP) is 6.14. The zero-order valence-corrected chi connectivity index (χ0v) is 20.3. The van der Waals surface area contributed by atoms with Crippen molar-refractivity contribution in [3.8, 4) is 0 Å². The molecule has 0 bridgehead atoms. The molecule has 13 heteroatoms. The Morgan fingerprint density at radius 2 is 1.70 bits per heavy atom. The molecular weight excluding hydrogens is 545 g/mol. The van der Waals surface area contributed by atoms with Crippen molar-refractivity contribution in [2.45, 2.75) is 22.0 Å². The Balaban J connectivity index is 1.80. The van der Waals surface area contributed by atoms with Crippen LogP contribution in [0.2, 0.25) is 5.02 Å². The summed E-state index contributed by atoms with van der Waals surface area (Å²) in [4.78, 5) is 36.8. The van der Waals surface area contributed by atoms with E-state index >= 15 is 0 Å². The molecule has 3 N–H and O–H groups in total. The first-order valence-corrected chi connectivity index (χ1v) is 11.1. The summed E-state index contributed by atoms with van der Waals surface area (Å²) in [5.41, 5.74) is -1.20. The molecule has 3 rings (SSSR count). The number of benzene rings is 2. The van der Waals surface area contributed by atoms with Gasteiger partial charge in [0.2, 0.25) is 5.91 Å². The van der Waals surface area contributed by atoms with Gasteiger partial charge in [-0.15, -0.1) is 23.2 Å². The van der Waals surface area contributed by atoms with Crippen LogP contribution < -0.4 is 16.0 Å². The van der Waals surface area contributed by atoms with Gasteiger partial charge in [0.25, 0.3) is 11.8 Å². The molecular formula is C20H14Cl5F2N3O3. The molecule has 0 heterocycles. The van der Waals surface area contributed by atoms with Crippen LogP contribution >= 0.6 is 58.0 Å². The van der Waals surface area contributed by atoms with Crippen molar-refractivity contribution < 1.29 is 23.2 Å². The molecule has 3 amide bonds. The van der Waals surface area contributed by atoms with Crippen LogP contribution in [0.4, 0.5) is 25.8 Å². The average molecular weight is 560 g/mol. The lowest BCUT2D eigenvalue weighted by atomic mass is 10.1. The number of halogens is 7. The predicted molar refractivity (Wildman–Crippen MR) is 126 cm³/mol. The molecule has 0 radical (unpaired) electrons. The highest BCUT2D eigenvalue weighted by atomic mass is 35.5. The number of carbonyl (C=O) groups excluding carboxylic acids is 3. The van der Waals surface area contributed by atoms with Crippen LogP contribution in [0.25, 0.3) is 0 Å². The zero-order valence-electron chi connectivity index (χ0n) is 16.5. The van der Waals surface area contributed by atoms with Gasteiger partial charge in [-0.25, -0.2) is 8.78 Å². The standard InChI is InChI=1S/C20H14Cl5F2N3O3/c1-19(22,23)18(33)30-15-12(26)4-5-13(14(15)27)29-16(31)9-6-8(2-3-11(9)21)28-17(32)10-7-20(10,24)25/h2-6,10H,7H2,1H3,(H,28,32)(H,29,31)(H,30,33)/t10-/m1/s1. The third-order valence-electron chi connectivity index (χ3n) is 4.60. The second-order valence-corrected chi connectivity index (χ2v) is 10.9. The lowest BCUT2D eigenvalue weighted by molar-refractivity contribution is -0.117. The monoisotopic (exact) mass is 557 g/mol. The van der Waals surface area contributed by atoms with E-state index in [-0.39, 0.29) is 22.7 Å². The molecule has 1 atom stereocenters. The molecule has 0 unspecified atom stereocenters. The van der Waals surface area contributed by atoms with Crippen LogP contribution in [0.15, 0.2) is 30.3 Å². The first-order chi connectivity index (χ1) is 15.2. The van der Waals surface area contributed by atoms with Crippen molar-refractivity contribution >= 4 is 92.8 Å². The molecule has 6 nitrogen and oxygen atoms in total. The van der Waals surface area contributed by atoms with Crippen LogP contribution in [0, 0.1) is 17.6 Å². The van der Waals surface area contributed by atoms with E-state index in [9.17, 15) is 23.2 Å². The molecule has 2 aromatic carbocycles. The molecule has 0 aromatic heterocycles. The normalized spacial score (nSPS) is 16.7. The summed E-state index contributed by atoms with van der Waals surface area (Å²) < 4.78 is 25.8. The quantitative estimate of drug-likeness (QED) is 0.372. The van der Waals surface area contributed by atoms with Crippen LogP contribution in [0.3, 0.4) is 0 Å². The van der Waals surface area contributed by atoms with Crippen LogP contribution in [-0.2, 0) is 9.59 Å². The number of anilines is 3. The Bertz CT molecular complexity index is 1150. The Morgan fingerprint density at radius 3 is 2.27 bits per heavy atom. The summed E-state index contributed by atoms with van der Waals surface area (Å²) in [6, 6.07) is 5.84. The van der Waals surface area contributed by atoms with Crippen molar-refractivity contribution in [1.82, 2.24) is 0 Å². The fourth-order valence-electron chi connectivity index (χ4n) is 2.68. The number of amides is 3. The van der Waals surface area contributed by atoms with Gasteiger partial charge in [-0.2, -0.15) is 0 Å². The summed E-state index contributed by atoms with van der Waals surface area (Å²) in [5, 5.41) is 6.74. The Hall–Kier alpha value is -1.84. The van der Waals surface area contributed by atoms with E-state index in [0.29, 0.717) is 0 Å². The van der Waals surface area contributed by atoms with Gasteiger partial charge in [0.1, 0.15) is 15.8 Å². The van der Waals surface area contributed by atoms with Gasteiger partial charge in [0.05, 0.1) is 22.2 Å². The van der Waals surface area contributed by atoms with Crippen molar-refractivity contribution in [3.05, 3.63) is 52.6 Å². The van der Waals surface area contributed by atoms with Gasteiger partial charge in [-0.05, 0) is 43.7 Å². The minimum Gasteiger partial charge on any atom is -0.326 e. The second kappa shape index (κ2) is 9.43. The molecule has 1 aliphatic carbocycles. The van der Waals surface area contributed by atoms with Gasteiger partial charge in [0.15, 0.2) is 10.2 Å². The van der Waals surface area contributed by atoms with Crippen molar-refractivity contribution in [1.29, 1.82) is 0 Å². The Labute approximate surface area is 211 Å². The lowest BCUT2D eigenvalue weighted by Crippen LogP contribution is -2.30. The minimum atomic E-state index is -1.95. The van der Waals surface area contributed by atoms with E-state index in [1.54, 1.807) is 0 Å². The first-order valence-electron chi connectivity index (χ1n) is 9.17. The van der Waals surface area contributed by atoms with E-state index in [0.717, 1.165) is 19.1 Å². The topological polar surface area (TPSA) is 87.3 Å². The molecule has 33 heavy (non-hydrogen) atoms. The summed E-state index contributed by atoms with van der Waals surface area (Å²) >= 11 is 29.1. The zero-order chi connectivity index (χ0) is 24.7. The molecule has 0 saturated heterocycles. The molecule has 1 fully saturated rings. The molecule has 2 aromatic rings. The fraction of sp³-hybridized carbons (Fsp3) is 0.250. The summed E-state index contributed by atoms with van der Waals surface area (Å²) in [7, 11) is 0. The SMILES string of the molecule is CC(Cl)(Cl)C(=O)Nc1c(F)ccc(NC(=O)c2cc(NC(=O)[C@H]3CC3(Cl)Cl)ccc2Cl)c1F. The summed E-state index contributed by atoms with van der Waals surface area (Å²) in [6.07, 6.45) is 0.290.